The summed E-state index contributed by atoms with van der Waals surface area (Å²) in [6.07, 6.45) is 24.8. The molecular formula is C17H30. The van der Waals surface area contributed by atoms with E-state index in [-0.39, 0.29) is 0 Å². The minimum absolute atomic E-state index is 0.754. The first-order valence-corrected chi connectivity index (χ1v) is 7.78. The molecule has 0 atom stereocenters. The van der Waals surface area contributed by atoms with Gasteiger partial charge in [-0.1, -0.05) is 95.4 Å². The van der Waals surface area contributed by atoms with Crippen LogP contribution in [-0.2, 0) is 0 Å². The van der Waals surface area contributed by atoms with Crippen molar-refractivity contribution in [3.05, 3.63) is 24.3 Å². The van der Waals surface area contributed by atoms with Crippen LogP contribution in [-0.4, -0.2) is 0 Å². The lowest BCUT2D eigenvalue weighted by atomic mass is 10.0. The number of allylic oxidation sites excluding steroid dienone is 4. The Bertz CT molecular complexity index is 200. The van der Waals surface area contributed by atoms with E-state index in [1.165, 1.54) is 70.6 Å². The molecule has 1 aliphatic rings. The van der Waals surface area contributed by atoms with Crippen LogP contribution in [0.15, 0.2) is 24.3 Å². The highest BCUT2D eigenvalue weighted by molar-refractivity contribution is 5.17. The maximum absolute atomic E-state index is 2.33. The molecule has 0 saturated carbocycles. The fourth-order valence-corrected chi connectivity index (χ4v) is 2.54. The van der Waals surface area contributed by atoms with E-state index in [2.05, 4.69) is 31.2 Å². The molecule has 0 saturated heterocycles. The van der Waals surface area contributed by atoms with Crippen LogP contribution in [0.2, 0.25) is 0 Å². The largest absolute Gasteiger partial charge is 0.0776 e. The fraction of sp³-hybridized carbons (Fsp3) is 0.765. The van der Waals surface area contributed by atoms with Crippen molar-refractivity contribution in [2.24, 2.45) is 5.92 Å². The van der Waals surface area contributed by atoms with E-state index in [0.29, 0.717) is 0 Å². The molecular weight excluding hydrogens is 204 g/mol. The number of hydrogen-bond donors (Lipinski definition) is 0. The Labute approximate surface area is 108 Å². The zero-order valence-corrected chi connectivity index (χ0v) is 11.7. The topological polar surface area (TPSA) is 0 Å². The Morgan fingerprint density at radius 3 is 1.65 bits per heavy atom. The van der Waals surface area contributed by atoms with Crippen molar-refractivity contribution in [3.8, 4) is 0 Å². The number of rotatable bonds is 11. The standard InChI is InChI=1S/C17H30/c1-2-3-4-5-6-7-8-9-10-11-14-17-15-12-13-16-17/h12-13,15-17H,2-11,14H2,1H3. The third-order valence-electron chi connectivity index (χ3n) is 3.72. The van der Waals surface area contributed by atoms with Gasteiger partial charge in [-0.15, -0.1) is 0 Å². The van der Waals surface area contributed by atoms with Crippen LogP contribution < -0.4 is 0 Å². The molecule has 0 heterocycles. The van der Waals surface area contributed by atoms with Crippen molar-refractivity contribution in [1.29, 1.82) is 0 Å². The Hall–Kier alpha value is -0.520. The highest BCUT2D eigenvalue weighted by atomic mass is 14.1. The van der Waals surface area contributed by atoms with Crippen LogP contribution in [0.4, 0.5) is 0 Å². The molecule has 0 unspecified atom stereocenters. The lowest BCUT2D eigenvalue weighted by molar-refractivity contribution is 0.539. The summed E-state index contributed by atoms with van der Waals surface area (Å²) in [7, 11) is 0. The lowest BCUT2D eigenvalue weighted by Gasteiger charge is -2.05. The first-order chi connectivity index (χ1) is 8.43. The molecule has 0 heteroatoms. The molecule has 0 aromatic carbocycles. The van der Waals surface area contributed by atoms with Gasteiger partial charge in [0.2, 0.25) is 0 Å². The summed E-state index contributed by atoms with van der Waals surface area (Å²) in [6.45, 7) is 2.29. The van der Waals surface area contributed by atoms with Gasteiger partial charge in [-0.3, -0.25) is 0 Å². The Kier molecular flexibility index (Phi) is 9.09. The van der Waals surface area contributed by atoms with Gasteiger partial charge in [0.1, 0.15) is 0 Å². The van der Waals surface area contributed by atoms with Crippen molar-refractivity contribution in [2.75, 3.05) is 0 Å². The zero-order chi connectivity index (χ0) is 12.2. The maximum Gasteiger partial charge on any atom is -0.00473 e. The molecule has 0 bridgehead atoms. The normalized spacial score (nSPS) is 14.9. The van der Waals surface area contributed by atoms with Gasteiger partial charge in [-0.25, -0.2) is 0 Å². The first-order valence-electron chi connectivity index (χ1n) is 7.78. The quantitative estimate of drug-likeness (QED) is 0.382. The van der Waals surface area contributed by atoms with Crippen molar-refractivity contribution in [3.63, 3.8) is 0 Å². The van der Waals surface area contributed by atoms with Crippen LogP contribution in [0, 0.1) is 5.92 Å². The molecule has 1 aliphatic carbocycles. The van der Waals surface area contributed by atoms with E-state index in [4.69, 9.17) is 0 Å². The van der Waals surface area contributed by atoms with Crippen molar-refractivity contribution in [2.45, 2.75) is 77.6 Å². The summed E-state index contributed by atoms with van der Waals surface area (Å²) < 4.78 is 0. The van der Waals surface area contributed by atoms with Gasteiger partial charge in [0, 0.05) is 0 Å². The molecule has 0 radical (unpaired) electrons. The Morgan fingerprint density at radius 2 is 1.12 bits per heavy atom. The average molecular weight is 234 g/mol. The average Bonchev–Trinajstić information content (AvgIpc) is 2.85. The minimum atomic E-state index is 0.754. The molecule has 17 heavy (non-hydrogen) atoms. The highest BCUT2D eigenvalue weighted by Crippen LogP contribution is 2.18. The molecule has 0 N–H and O–H groups in total. The molecule has 0 aromatic rings. The number of unbranched alkanes of at least 4 members (excludes halogenated alkanes) is 9. The second-order valence-electron chi connectivity index (χ2n) is 5.40. The van der Waals surface area contributed by atoms with E-state index < -0.39 is 0 Å². The number of hydrogen-bond acceptors (Lipinski definition) is 0. The summed E-state index contributed by atoms with van der Waals surface area (Å²) in [6, 6.07) is 0. The molecule has 0 spiro atoms. The van der Waals surface area contributed by atoms with E-state index in [0.717, 1.165) is 5.92 Å². The van der Waals surface area contributed by atoms with Gasteiger partial charge in [0.25, 0.3) is 0 Å². The molecule has 0 amide bonds. The van der Waals surface area contributed by atoms with E-state index in [1.54, 1.807) is 0 Å². The van der Waals surface area contributed by atoms with Gasteiger partial charge in [0.05, 0.1) is 0 Å². The summed E-state index contributed by atoms with van der Waals surface area (Å²) in [5.41, 5.74) is 0. The summed E-state index contributed by atoms with van der Waals surface area (Å²) in [5.74, 6) is 0.754. The SMILES string of the molecule is CCCCCCCCCCCCC1C=CC=C1. The van der Waals surface area contributed by atoms with Gasteiger partial charge in [0.15, 0.2) is 0 Å². The van der Waals surface area contributed by atoms with E-state index >= 15 is 0 Å². The fourth-order valence-electron chi connectivity index (χ4n) is 2.54. The van der Waals surface area contributed by atoms with Gasteiger partial charge < -0.3 is 0 Å². The highest BCUT2D eigenvalue weighted by Gasteiger charge is 2.02. The summed E-state index contributed by atoms with van der Waals surface area (Å²) in [5, 5.41) is 0. The second-order valence-corrected chi connectivity index (χ2v) is 5.40. The molecule has 98 valence electrons. The predicted octanol–water partition coefficient (Wildman–Crippen LogP) is 6.04. The monoisotopic (exact) mass is 234 g/mol. The summed E-state index contributed by atoms with van der Waals surface area (Å²) >= 11 is 0. The summed E-state index contributed by atoms with van der Waals surface area (Å²) in [4.78, 5) is 0. The predicted molar refractivity (Wildman–Crippen MR) is 78.2 cm³/mol. The lowest BCUT2D eigenvalue weighted by Crippen LogP contribution is -1.89. The third kappa shape index (κ3) is 8.24. The molecule has 1 rings (SSSR count). The van der Waals surface area contributed by atoms with Crippen LogP contribution in [0.3, 0.4) is 0 Å². The van der Waals surface area contributed by atoms with Crippen molar-refractivity contribution < 1.29 is 0 Å². The molecule has 0 nitrogen and oxygen atoms in total. The molecule has 0 fully saturated rings. The Balaban J connectivity index is 1.72. The zero-order valence-electron chi connectivity index (χ0n) is 11.7. The minimum Gasteiger partial charge on any atom is -0.0776 e. The third-order valence-corrected chi connectivity index (χ3v) is 3.72. The van der Waals surface area contributed by atoms with Crippen molar-refractivity contribution in [1.82, 2.24) is 0 Å². The van der Waals surface area contributed by atoms with Crippen LogP contribution in [0.5, 0.6) is 0 Å². The molecule has 0 aromatic heterocycles. The van der Waals surface area contributed by atoms with Crippen LogP contribution in [0.1, 0.15) is 77.6 Å². The van der Waals surface area contributed by atoms with Gasteiger partial charge in [-0.05, 0) is 12.3 Å². The first kappa shape index (κ1) is 14.5. The second kappa shape index (κ2) is 10.6. The van der Waals surface area contributed by atoms with Crippen LogP contribution >= 0.6 is 0 Å². The maximum atomic E-state index is 2.33. The molecule has 0 aliphatic heterocycles. The van der Waals surface area contributed by atoms with Crippen molar-refractivity contribution >= 4 is 0 Å². The van der Waals surface area contributed by atoms with Crippen LogP contribution in [0.25, 0.3) is 0 Å². The van der Waals surface area contributed by atoms with Gasteiger partial charge in [-0.2, -0.15) is 0 Å². The smallest absolute Gasteiger partial charge is 0.00473 e. The van der Waals surface area contributed by atoms with E-state index in [1.807, 2.05) is 0 Å². The van der Waals surface area contributed by atoms with E-state index in [9.17, 15) is 0 Å². The Morgan fingerprint density at radius 1 is 0.647 bits per heavy atom. The van der Waals surface area contributed by atoms with Gasteiger partial charge >= 0.3 is 0 Å².